The van der Waals surface area contributed by atoms with Crippen LogP contribution in [0.4, 0.5) is 11.4 Å². The van der Waals surface area contributed by atoms with Crippen molar-refractivity contribution in [2.24, 2.45) is 0 Å². The minimum absolute atomic E-state index is 0.0559. The van der Waals surface area contributed by atoms with E-state index >= 15 is 0 Å². The molecule has 38 heavy (non-hydrogen) atoms. The first-order valence-corrected chi connectivity index (χ1v) is 14.9. The number of rotatable bonds is 13. The number of unbranched alkanes of at least 4 members (excludes halogenated alkanes) is 1. The Morgan fingerprint density at radius 2 is 1.63 bits per heavy atom. The van der Waals surface area contributed by atoms with Gasteiger partial charge in [-0.1, -0.05) is 25.5 Å². The normalized spacial score (nSPS) is 11.0. The van der Waals surface area contributed by atoms with Crippen LogP contribution in [0.3, 0.4) is 0 Å². The van der Waals surface area contributed by atoms with E-state index in [-0.39, 0.29) is 10.6 Å². The van der Waals surface area contributed by atoms with Gasteiger partial charge in [0.25, 0.3) is 10.0 Å². The molecule has 0 fully saturated rings. The van der Waals surface area contributed by atoms with Gasteiger partial charge in [-0.15, -0.1) is 11.8 Å². The molecule has 0 saturated heterocycles. The molecule has 1 N–H and O–H groups in total. The van der Waals surface area contributed by atoms with Gasteiger partial charge in [-0.2, -0.15) is 0 Å². The summed E-state index contributed by atoms with van der Waals surface area (Å²) in [6, 6.07) is 19.4. The predicted molar refractivity (Wildman–Crippen MR) is 151 cm³/mol. The summed E-state index contributed by atoms with van der Waals surface area (Å²) >= 11 is 1.50. The molecule has 0 aliphatic rings. The highest BCUT2D eigenvalue weighted by molar-refractivity contribution is 7.98. The summed E-state index contributed by atoms with van der Waals surface area (Å²) in [6.45, 7) is 3.99. The molecule has 202 valence electrons. The number of anilines is 2. The number of nitrogens with zero attached hydrogens (tertiary/aromatic N) is 1. The van der Waals surface area contributed by atoms with Crippen LogP contribution in [0, 0.1) is 0 Å². The molecule has 3 aromatic rings. The van der Waals surface area contributed by atoms with Gasteiger partial charge in [0.15, 0.2) is 0 Å². The van der Waals surface area contributed by atoms with Crippen LogP contribution < -0.4 is 14.4 Å². The van der Waals surface area contributed by atoms with E-state index in [2.05, 4.69) is 5.32 Å². The maximum absolute atomic E-state index is 13.7. The van der Waals surface area contributed by atoms with Gasteiger partial charge < -0.3 is 14.8 Å². The molecule has 0 bridgehead atoms. The molecule has 8 nitrogen and oxygen atoms in total. The zero-order valence-corrected chi connectivity index (χ0v) is 23.3. The monoisotopic (exact) mass is 556 g/mol. The number of carbonyl (C=O) groups excluding carboxylic acids is 2. The Labute approximate surface area is 228 Å². The van der Waals surface area contributed by atoms with E-state index in [1.807, 2.05) is 13.2 Å². The van der Waals surface area contributed by atoms with Gasteiger partial charge in [-0.3, -0.25) is 9.10 Å². The molecule has 0 unspecified atom stereocenters. The fraction of sp³-hybridized carbons (Fsp3) is 0.286. The van der Waals surface area contributed by atoms with Gasteiger partial charge in [0.2, 0.25) is 5.91 Å². The lowest BCUT2D eigenvalue weighted by Gasteiger charge is -2.26. The van der Waals surface area contributed by atoms with Crippen LogP contribution in [0.5, 0.6) is 5.75 Å². The smallest absolute Gasteiger partial charge is 0.338 e. The van der Waals surface area contributed by atoms with Crippen LogP contribution in [-0.2, 0) is 19.6 Å². The summed E-state index contributed by atoms with van der Waals surface area (Å²) in [5.74, 6) is -0.648. The van der Waals surface area contributed by atoms with E-state index in [1.165, 1.54) is 23.9 Å². The second kappa shape index (κ2) is 13.9. The van der Waals surface area contributed by atoms with E-state index in [0.29, 0.717) is 30.2 Å². The van der Waals surface area contributed by atoms with Gasteiger partial charge in [0.1, 0.15) is 12.3 Å². The molecular weight excluding hydrogens is 524 g/mol. The number of benzene rings is 3. The zero-order valence-electron chi connectivity index (χ0n) is 21.7. The molecule has 0 aliphatic carbocycles. The Morgan fingerprint density at radius 3 is 2.26 bits per heavy atom. The van der Waals surface area contributed by atoms with Crippen LogP contribution in [0.25, 0.3) is 0 Å². The highest BCUT2D eigenvalue weighted by Crippen LogP contribution is 2.33. The van der Waals surface area contributed by atoms with Crippen LogP contribution in [0.2, 0.25) is 0 Å². The first-order chi connectivity index (χ1) is 18.3. The standard InChI is InChI=1S/C28H32N2O6S2/c1-4-6-19-36-28(32)21-11-13-22(14-12-21)29-27(31)20-30(25-9-7-8-10-26(25)35-5-2)38(33,34)24-17-15-23(37-3)16-18-24/h7-18H,4-6,19-20H2,1-3H3,(H,29,31). The Morgan fingerprint density at radius 1 is 0.947 bits per heavy atom. The number of hydrogen-bond acceptors (Lipinski definition) is 7. The molecule has 1 amide bonds. The van der Waals surface area contributed by atoms with Gasteiger partial charge in [-0.25, -0.2) is 13.2 Å². The molecule has 3 aromatic carbocycles. The second-order valence-corrected chi connectivity index (χ2v) is 10.9. The SMILES string of the molecule is CCCCOC(=O)c1ccc(NC(=O)CN(c2ccccc2OCC)S(=O)(=O)c2ccc(SC)cc2)cc1. The number of thioether (sulfide) groups is 1. The number of para-hydroxylation sites is 2. The van der Waals surface area contributed by atoms with Crippen LogP contribution in [-0.4, -0.2) is 46.3 Å². The average molecular weight is 557 g/mol. The van der Waals surface area contributed by atoms with Crippen LogP contribution >= 0.6 is 11.8 Å². The molecule has 0 radical (unpaired) electrons. The maximum atomic E-state index is 13.7. The number of esters is 1. The van der Waals surface area contributed by atoms with Gasteiger partial charge in [0, 0.05) is 10.6 Å². The van der Waals surface area contributed by atoms with Crippen molar-refractivity contribution in [3.8, 4) is 5.75 Å². The number of ether oxygens (including phenoxy) is 2. The molecule has 0 heterocycles. The van der Waals surface area contributed by atoms with Crippen molar-refractivity contribution in [2.75, 3.05) is 35.6 Å². The fourth-order valence-corrected chi connectivity index (χ4v) is 5.37. The molecule has 0 aromatic heterocycles. The Kier molecular flexibility index (Phi) is 10.6. The van der Waals surface area contributed by atoms with E-state index in [9.17, 15) is 18.0 Å². The number of carbonyl (C=O) groups is 2. The molecule has 10 heteroatoms. The largest absolute Gasteiger partial charge is 0.492 e. The second-order valence-electron chi connectivity index (χ2n) is 8.20. The average Bonchev–Trinajstić information content (AvgIpc) is 2.93. The van der Waals surface area contributed by atoms with E-state index < -0.39 is 28.4 Å². The van der Waals surface area contributed by atoms with Crippen LogP contribution in [0.15, 0.2) is 82.6 Å². The Balaban J connectivity index is 1.85. The predicted octanol–water partition coefficient (Wildman–Crippen LogP) is 5.60. The molecule has 3 rings (SSSR count). The van der Waals surface area contributed by atoms with Crippen molar-refractivity contribution in [3.63, 3.8) is 0 Å². The van der Waals surface area contributed by atoms with Crippen molar-refractivity contribution in [2.45, 2.75) is 36.5 Å². The highest BCUT2D eigenvalue weighted by Gasteiger charge is 2.29. The zero-order chi connectivity index (χ0) is 27.5. The van der Waals surface area contributed by atoms with Crippen molar-refractivity contribution in [3.05, 3.63) is 78.4 Å². The maximum Gasteiger partial charge on any atom is 0.338 e. The first-order valence-electron chi connectivity index (χ1n) is 12.3. The minimum Gasteiger partial charge on any atom is -0.492 e. The summed E-state index contributed by atoms with van der Waals surface area (Å²) in [4.78, 5) is 26.2. The third-order valence-electron chi connectivity index (χ3n) is 5.50. The topological polar surface area (TPSA) is 102 Å². The lowest BCUT2D eigenvalue weighted by Crippen LogP contribution is -2.38. The fourth-order valence-electron chi connectivity index (χ4n) is 3.53. The van der Waals surface area contributed by atoms with Crippen molar-refractivity contribution >= 4 is 45.0 Å². The molecular formula is C28H32N2O6S2. The molecule has 0 saturated carbocycles. The summed E-state index contributed by atoms with van der Waals surface area (Å²) < 4.78 is 39.4. The van der Waals surface area contributed by atoms with Crippen molar-refractivity contribution in [1.82, 2.24) is 0 Å². The molecule has 0 aliphatic heterocycles. The summed E-state index contributed by atoms with van der Waals surface area (Å²) in [6.07, 6.45) is 3.61. The summed E-state index contributed by atoms with van der Waals surface area (Å²) in [7, 11) is -4.11. The number of sulfonamides is 1. The van der Waals surface area contributed by atoms with Gasteiger partial charge in [0.05, 0.1) is 29.4 Å². The van der Waals surface area contributed by atoms with E-state index in [1.54, 1.807) is 67.6 Å². The van der Waals surface area contributed by atoms with Gasteiger partial charge >= 0.3 is 5.97 Å². The lowest BCUT2D eigenvalue weighted by molar-refractivity contribution is -0.114. The minimum atomic E-state index is -4.11. The highest BCUT2D eigenvalue weighted by atomic mass is 32.2. The van der Waals surface area contributed by atoms with Gasteiger partial charge in [-0.05, 0) is 80.3 Å². The Hall–Kier alpha value is -3.50. The Bertz CT molecular complexity index is 1330. The lowest BCUT2D eigenvalue weighted by atomic mass is 10.2. The van der Waals surface area contributed by atoms with Crippen LogP contribution in [0.1, 0.15) is 37.0 Å². The van der Waals surface area contributed by atoms with E-state index in [0.717, 1.165) is 22.0 Å². The van der Waals surface area contributed by atoms with Crippen molar-refractivity contribution in [1.29, 1.82) is 0 Å². The third kappa shape index (κ3) is 7.52. The number of hydrogen-bond donors (Lipinski definition) is 1. The summed E-state index contributed by atoms with van der Waals surface area (Å²) in [5, 5.41) is 2.71. The van der Waals surface area contributed by atoms with E-state index in [4.69, 9.17) is 9.47 Å². The molecule has 0 atom stereocenters. The van der Waals surface area contributed by atoms with Crippen molar-refractivity contribution < 1.29 is 27.5 Å². The number of nitrogens with one attached hydrogen (secondary N) is 1. The molecule has 0 spiro atoms. The number of amides is 1. The summed E-state index contributed by atoms with van der Waals surface area (Å²) in [5.41, 5.74) is 1.03. The quantitative estimate of drug-likeness (QED) is 0.166. The third-order valence-corrected chi connectivity index (χ3v) is 8.02. The first kappa shape index (κ1) is 29.1.